The molecule has 0 heterocycles. The Hall–Kier alpha value is -0.850. The second-order valence-electron chi connectivity index (χ2n) is 4.11. The van der Waals surface area contributed by atoms with Crippen LogP contribution in [0.2, 0.25) is 5.02 Å². The van der Waals surface area contributed by atoms with Crippen LogP contribution in [-0.4, -0.2) is 35.8 Å². The van der Waals surface area contributed by atoms with Gasteiger partial charge in [0.1, 0.15) is 6.10 Å². The summed E-state index contributed by atoms with van der Waals surface area (Å²) in [6, 6.07) is 7.38. The van der Waals surface area contributed by atoms with Crippen LogP contribution >= 0.6 is 23.4 Å². The number of amides is 1. The summed E-state index contributed by atoms with van der Waals surface area (Å²) >= 11 is 7.35. The normalized spacial score (nSPS) is 12.4. The van der Waals surface area contributed by atoms with Gasteiger partial charge in [-0.2, -0.15) is 0 Å². The Kier molecular flexibility index (Phi) is 7.87. The van der Waals surface area contributed by atoms with Crippen molar-refractivity contribution in [3.8, 4) is 0 Å². The number of aliphatic hydroxyl groups excluding tert-OH is 1. The SMILES string of the molecule is O=C(CCCSc1ccc(Cl)cc1)NCC(O)C(F)F. The molecule has 3 nitrogen and oxygen atoms in total. The minimum atomic E-state index is -2.84. The Bertz CT molecular complexity index is 417. The lowest BCUT2D eigenvalue weighted by Crippen LogP contribution is -2.35. The van der Waals surface area contributed by atoms with E-state index in [4.69, 9.17) is 16.7 Å². The summed E-state index contributed by atoms with van der Waals surface area (Å²) in [5, 5.41) is 11.8. The number of carbonyl (C=O) groups is 1. The van der Waals surface area contributed by atoms with Crippen LogP contribution in [0.1, 0.15) is 12.8 Å². The summed E-state index contributed by atoms with van der Waals surface area (Å²) in [6.07, 6.45) is -3.77. The molecule has 0 spiro atoms. The molecule has 0 fully saturated rings. The summed E-state index contributed by atoms with van der Waals surface area (Å²) < 4.78 is 24.0. The molecule has 1 atom stereocenters. The number of hydrogen-bond donors (Lipinski definition) is 2. The molecule has 0 radical (unpaired) electrons. The van der Waals surface area contributed by atoms with Gasteiger partial charge in [-0.3, -0.25) is 4.79 Å². The zero-order valence-electron chi connectivity index (χ0n) is 10.7. The van der Waals surface area contributed by atoms with Crippen LogP contribution in [0.25, 0.3) is 0 Å². The molecule has 1 rings (SSSR count). The fraction of sp³-hybridized carbons (Fsp3) is 0.462. The van der Waals surface area contributed by atoms with Crippen LogP contribution in [0, 0.1) is 0 Å². The maximum atomic E-state index is 12.0. The highest BCUT2D eigenvalue weighted by Crippen LogP contribution is 2.21. The number of alkyl halides is 2. The van der Waals surface area contributed by atoms with Gasteiger partial charge in [-0.15, -0.1) is 11.8 Å². The molecule has 0 aliphatic rings. The molecule has 112 valence electrons. The van der Waals surface area contributed by atoms with E-state index in [0.29, 0.717) is 11.4 Å². The lowest BCUT2D eigenvalue weighted by molar-refractivity contribution is -0.122. The number of thioether (sulfide) groups is 1. The van der Waals surface area contributed by atoms with Crippen LogP contribution in [0.5, 0.6) is 0 Å². The van der Waals surface area contributed by atoms with Gasteiger partial charge in [0.25, 0.3) is 6.43 Å². The molecule has 0 aromatic heterocycles. The van der Waals surface area contributed by atoms with Crippen molar-refractivity contribution in [2.75, 3.05) is 12.3 Å². The third-order valence-corrected chi connectivity index (χ3v) is 3.78. The molecule has 1 aromatic carbocycles. The van der Waals surface area contributed by atoms with Gasteiger partial charge in [-0.05, 0) is 36.4 Å². The molecular formula is C13H16ClF2NO2S. The predicted molar refractivity (Wildman–Crippen MR) is 76.4 cm³/mol. The second kappa shape index (κ2) is 9.15. The number of benzene rings is 1. The fourth-order valence-corrected chi connectivity index (χ4v) is 2.33. The second-order valence-corrected chi connectivity index (χ2v) is 5.72. The van der Waals surface area contributed by atoms with Crippen molar-refractivity contribution < 1.29 is 18.7 Å². The maximum Gasteiger partial charge on any atom is 0.265 e. The Balaban J connectivity index is 2.11. The Morgan fingerprint density at radius 2 is 2.00 bits per heavy atom. The monoisotopic (exact) mass is 323 g/mol. The van der Waals surface area contributed by atoms with Gasteiger partial charge >= 0.3 is 0 Å². The highest BCUT2D eigenvalue weighted by Gasteiger charge is 2.17. The van der Waals surface area contributed by atoms with E-state index in [1.54, 1.807) is 23.9 Å². The highest BCUT2D eigenvalue weighted by molar-refractivity contribution is 7.99. The number of halogens is 3. The first kappa shape index (κ1) is 17.2. The van der Waals surface area contributed by atoms with E-state index in [0.717, 1.165) is 10.6 Å². The zero-order chi connectivity index (χ0) is 15.0. The van der Waals surface area contributed by atoms with Crippen molar-refractivity contribution in [1.29, 1.82) is 0 Å². The van der Waals surface area contributed by atoms with Crippen molar-refractivity contribution in [2.24, 2.45) is 0 Å². The third kappa shape index (κ3) is 7.07. The summed E-state index contributed by atoms with van der Waals surface area (Å²) in [5.41, 5.74) is 0. The molecule has 0 aliphatic carbocycles. The molecule has 0 saturated carbocycles. The molecule has 7 heteroatoms. The maximum absolute atomic E-state index is 12.0. The first-order valence-corrected chi connectivity index (χ1v) is 7.46. The van der Waals surface area contributed by atoms with E-state index in [1.165, 1.54) is 0 Å². The first-order valence-electron chi connectivity index (χ1n) is 6.10. The summed E-state index contributed by atoms with van der Waals surface area (Å²) in [5.74, 6) is 0.410. The van der Waals surface area contributed by atoms with Gasteiger partial charge in [0.05, 0.1) is 0 Å². The lowest BCUT2D eigenvalue weighted by Gasteiger charge is -2.10. The first-order chi connectivity index (χ1) is 9.49. The van der Waals surface area contributed by atoms with Gasteiger partial charge in [-0.1, -0.05) is 11.6 Å². The minimum absolute atomic E-state index is 0.247. The number of hydrogen-bond acceptors (Lipinski definition) is 3. The minimum Gasteiger partial charge on any atom is -0.385 e. The number of aliphatic hydroxyl groups is 1. The van der Waals surface area contributed by atoms with E-state index in [2.05, 4.69) is 5.32 Å². The van der Waals surface area contributed by atoms with Crippen LogP contribution in [0.15, 0.2) is 29.2 Å². The Morgan fingerprint density at radius 1 is 1.35 bits per heavy atom. The van der Waals surface area contributed by atoms with Crippen molar-refractivity contribution in [2.45, 2.75) is 30.3 Å². The van der Waals surface area contributed by atoms with Gasteiger partial charge in [-0.25, -0.2) is 8.78 Å². The van der Waals surface area contributed by atoms with Gasteiger partial charge in [0, 0.05) is 22.9 Å². The smallest absolute Gasteiger partial charge is 0.265 e. The average Bonchev–Trinajstić information content (AvgIpc) is 2.42. The van der Waals surface area contributed by atoms with Crippen LogP contribution in [0.3, 0.4) is 0 Å². The summed E-state index contributed by atoms with van der Waals surface area (Å²) in [6.45, 7) is -0.416. The molecule has 0 aliphatic heterocycles. The lowest BCUT2D eigenvalue weighted by atomic mass is 10.3. The van der Waals surface area contributed by atoms with E-state index in [9.17, 15) is 13.6 Å². The summed E-state index contributed by atoms with van der Waals surface area (Å²) in [4.78, 5) is 12.4. The van der Waals surface area contributed by atoms with Crippen molar-refractivity contribution in [1.82, 2.24) is 5.32 Å². The summed E-state index contributed by atoms with van der Waals surface area (Å²) in [7, 11) is 0. The Labute approximate surface area is 125 Å². The molecule has 0 bridgehead atoms. The Morgan fingerprint density at radius 3 is 2.60 bits per heavy atom. The van der Waals surface area contributed by atoms with Gasteiger partial charge in [0.2, 0.25) is 5.91 Å². The molecule has 1 aromatic rings. The van der Waals surface area contributed by atoms with Gasteiger partial charge in [0.15, 0.2) is 0 Å². The topological polar surface area (TPSA) is 49.3 Å². The van der Waals surface area contributed by atoms with Gasteiger partial charge < -0.3 is 10.4 Å². The molecule has 1 unspecified atom stereocenters. The number of rotatable bonds is 8. The quantitative estimate of drug-likeness (QED) is 0.571. The molecular weight excluding hydrogens is 308 g/mol. The largest absolute Gasteiger partial charge is 0.385 e. The van der Waals surface area contributed by atoms with Crippen LogP contribution < -0.4 is 5.32 Å². The van der Waals surface area contributed by atoms with Crippen LogP contribution in [0.4, 0.5) is 8.78 Å². The van der Waals surface area contributed by atoms with Crippen molar-refractivity contribution in [3.05, 3.63) is 29.3 Å². The van der Waals surface area contributed by atoms with Crippen molar-refractivity contribution >= 4 is 29.3 Å². The molecule has 0 saturated heterocycles. The van der Waals surface area contributed by atoms with E-state index < -0.39 is 19.1 Å². The zero-order valence-corrected chi connectivity index (χ0v) is 12.3. The standard InChI is InChI=1S/C13H16ClF2NO2S/c14-9-3-5-10(6-4-9)20-7-1-2-12(19)17-8-11(18)13(15)16/h3-6,11,13,18H,1-2,7-8H2,(H,17,19). The van der Waals surface area contributed by atoms with E-state index in [-0.39, 0.29) is 12.3 Å². The van der Waals surface area contributed by atoms with E-state index >= 15 is 0 Å². The molecule has 1 amide bonds. The number of carbonyl (C=O) groups excluding carboxylic acids is 1. The average molecular weight is 324 g/mol. The number of nitrogens with one attached hydrogen (secondary N) is 1. The van der Waals surface area contributed by atoms with E-state index in [1.807, 2.05) is 12.1 Å². The highest BCUT2D eigenvalue weighted by atomic mass is 35.5. The van der Waals surface area contributed by atoms with Crippen molar-refractivity contribution in [3.63, 3.8) is 0 Å². The fourth-order valence-electron chi connectivity index (χ4n) is 1.35. The molecule has 2 N–H and O–H groups in total. The predicted octanol–water partition coefficient (Wildman–Crippen LogP) is 2.95. The third-order valence-electron chi connectivity index (χ3n) is 2.43. The molecule has 20 heavy (non-hydrogen) atoms. The van der Waals surface area contributed by atoms with Crippen LogP contribution in [-0.2, 0) is 4.79 Å².